The third kappa shape index (κ3) is 3.90. The van der Waals surface area contributed by atoms with Gasteiger partial charge < -0.3 is 19.8 Å². The van der Waals surface area contributed by atoms with Gasteiger partial charge in [-0.05, 0) is 30.7 Å². The third-order valence-corrected chi connectivity index (χ3v) is 4.99. The molecule has 2 aliphatic rings. The molecule has 0 radical (unpaired) electrons. The number of piperidine rings is 1. The van der Waals surface area contributed by atoms with Gasteiger partial charge >= 0.3 is 0 Å². The van der Waals surface area contributed by atoms with Crippen LogP contribution in [-0.4, -0.2) is 83.6 Å². The number of β-amino-alcohol motifs (C(OH)–C–C–N with tert-alkyl or cyclic N) is 1. The van der Waals surface area contributed by atoms with E-state index >= 15 is 0 Å². The Kier molecular flexibility index (Phi) is 5.42. The first-order chi connectivity index (χ1) is 11.5. The Labute approximate surface area is 146 Å². The fourth-order valence-corrected chi connectivity index (χ4v) is 3.44. The summed E-state index contributed by atoms with van der Waals surface area (Å²) in [7, 11) is 0. The topological polar surface area (TPSA) is 73.2 Å². The molecule has 2 N–H and O–H groups in total. The summed E-state index contributed by atoms with van der Waals surface area (Å²) in [5, 5.41) is 21.8. The van der Waals surface area contributed by atoms with Crippen molar-refractivity contribution in [3.63, 3.8) is 0 Å². The maximum Gasteiger partial charge on any atom is 0.253 e. The molecule has 0 spiro atoms. The zero-order chi connectivity index (χ0) is 17.2. The Bertz CT molecular complexity index is 576. The number of aliphatic hydroxyl groups excluding tert-OH is 1. The summed E-state index contributed by atoms with van der Waals surface area (Å²) in [5.41, 5.74) is -0.790. The van der Waals surface area contributed by atoms with Crippen molar-refractivity contribution in [1.29, 1.82) is 0 Å². The van der Waals surface area contributed by atoms with Crippen molar-refractivity contribution >= 4 is 17.5 Å². The van der Waals surface area contributed by atoms with Crippen LogP contribution in [0.1, 0.15) is 16.8 Å². The van der Waals surface area contributed by atoms with Crippen LogP contribution in [0.4, 0.5) is 0 Å². The Morgan fingerprint density at radius 2 is 1.92 bits per heavy atom. The van der Waals surface area contributed by atoms with Gasteiger partial charge in [0.05, 0.1) is 25.9 Å². The second-order valence-electron chi connectivity index (χ2n) is 6.53. The van der Waals surface area contributed by atoms with Crippen molar-refractivity contribution in [1.82, 2.24) is 9.80 Å². The number of nitrogens with zero attached hydrogens (tertiary/aromatic N) is 2. The molecule has 6 nitrogen and oxygen atoms in total. The molecular weight excluding hydrogens is 332 g/mol. The van der Waals surface area contributed by atoms with Crippen molar-refractivity contribution in [2.75, 3.05) is 45.9 Å². The maximum atomic E-state index is 12.7. The summed E-state index contributed by atoms with van der Waals surface area (Å²) in [6.45, 7) is 3.57. The second kappa shape index (κ2) is 7.37. The highest BCUT2D eigenvalue weighted by Crippen LogP contribution is 2.25. The minimum atomic E-state index is -1.32. The lowest BCUT2D eigenvalue weighted by molar-refractivity contribution is -0.133. The van der Waals surface area contributed by atoms with Crippen molar-refractivity contribution in [2.45, 2.75) is 18.1 Å². The van der Waals surface area contributed by atoms with E-state index in [1.54, 1.807) is 29.2 Å². The van der Waals surface area contributed by atoms with Crippen LogP contribution in [-0.2, 0) is 4.74 Å². The number of amides is 1. The summed E-state index contributed by atoms with van der Waals surface area (Å²) in [4.78, 5) is 16.3. The molecule has 2 heterocycles. The monoisotopic (exact) mass is 354 g/mol. The van der Waals surface area contributed by atoms with E-state index in [0.717, 1.165) is 13.1 Å². The zero-order valence-corrected chi connectivity index (χ0v) is 14.3. The van der Waals surface area contributed by atoms with E-state index in [1.165, 1.54) is 0 Å². The predicted molar refractivity (Wildman–Crippen MR) is 90.2 cm³/mol. The SMILES string of the molecule is O=C(c1ccc(Cl)cc1)N1CC[C@H](O)[C@@](O)(CN2CCOCC2)C1. The number of carbonyl (C=O) groups is 1. The molecule has 0 aliphatic carbocycles. The van der Waals surface area contributed by atoms with Gasteiger partial charge in [-0.1, -0.05) is 11.6 Å². The van der Waals surface area contributed by atoms with Crippen molar-refractivity contribution in [3.05, 3.63) is 34.9 Å². The lowest BCUT2D eigenvalue weighted by atomic mass is 9.88. The minimum Gasteiger partial charge on any atom is -0.390 e. The molecule has 0 saturated carbocycles. The molecule has 1 amide bonds. The number of halogens is 1. The van der Waals surface area contributed by atoms with Gasteiger partial charge in [-0.3, -0.25) is 9.69 Å². The van der Waals surface area contributed by atoms with Gasteiger partial charge in [-0.15, -0.1) is 0 Å². The molecule has 1 aromatic carbocycles. The molecule has 7 heteroatoms. The molecule has 24 heavy (non-hydrogen) atoms. The summed E-state index contributed by atoms with van der Waals surface area (Å²) in [5.74, 6) is -0.154. The Morgan fingerprint density at radius 3 is 2.58 bits per heavy atom. The number of ether oxygens (including phenoxy) is 1. The van der Waals surface area contributed by atoms with Gasteiger partial charge in [0.1, 0.15) is 5.60 Å². The lowest BCUT2D eigenvalue weighted by Crippen LogP contribution is -2.63. The van der Waals surface area contributed by atoms with E-state index in [0.29, 0.717) is 43.3 Å². The minimum absolute atomic E-state index is 0.118. The second-order valence-corrected chi connectivity index (χ2v) is 6.97. The number of rotatable bonds is 3. The molecule has 2 fully saturated rings. The van der Waals surface area contributed by atoms with Crippen LogP contribution in [0.3, 0.4) is 0 Å². The first kappa shape index (κ1) is 17.6. The Morgan fingerprint density at radius 1 is 1.25 bits per heavy atom. The highest BCUT2D eigenvalue weighted by molar-refractivity contribution is 6.30. The summed E-state index contributed by atoms with van der Waals surface area (Å²) in [6.07, 6.45) is -0.477. The first-order valence-electron chi connectivity index (χ1n) is 8.23. The van der Waals surface area contributed by atoms with Crippen LogP contribution in [0.25, 0.3) is 0 Å². The van der Waals surface area contributed by atoms with Crippen LogP contribution >= 0.6 is 11.6 Å². The van der Waals surface area contributed by atoms with Crippen molar-refractivity contribution < 1.29 is 19.7 Å². The van der Waals surface area contributed by atoms with Gasteiger partial charge in [0.2, 0.25) is 0 Å². The Balaban J connectivity index is 1.69. The van der Waals surface area contributed by atoms with E-state index in [-0.39, 0.29) is 12.5 Å². The molecule has 0 unspecified atom stereocenters. The fourth-order valence-electron chi connectivity index (χ4n) is 3.31. The van der Waals surface area contributed by atoms with E-state index in [9.17, 15) is 15.0 Å². The average Bonchev–Trinajstić information content (AvgIpc) is 2.58. The zero-order valence-electron chi connectivity index (χ0n) is 13.5. The fraction of sp³-hybridized carbons (Fsp3) is 0.588. The van der Waals surface area contributed by atoms with E-state index in [2.05, 4.69) is 4.90 Å². The summed E-state index contributed by atoms with van der Waals surface area (Å²) < 4.78 is 5.31. The number of hydrogen-bond acceptors (Lipinski definition) is 5. The smallest absolute Gasteiger partial charge is 0.253 e. The highest BCUT2D eigenvalue weighted by atomic mass is 35.5. The number of hydrogen-bond donors (Lipinski definition) is 2. The lowest BCUT2D eigenvalue weighted by Gasteiger charge is -2.45. The average molecular weight is 355 g/mol. The molecule has 2 atom stereocenters. The van der Waals surface area contributed by atoms with E-state index in [4.69, 9.17) is 16.3 Å². The molecule has 2 saturated heterocycles. The van der Waals surface area contributed by atoms with Crippen LogP contribution in [0, 0.1) is 0 Å². The largest absolute Gasteiger partial charge is 0.390 e. The molecule has 0 bridgehead atoms. The van der Waals surface area contributed by atoms with Crippen LogP contribution in [0.2, 0.25) is 5.02 Å². The van der Waals surface area contributed by atoms with Crippen molar-refractivity contribution in [3.8, 4) is 0 Å². The van der Waals surface area contributed by atoms with E-state index < -0.39 is 11.7 Å². The van der Waals surface area contributed by atoms with Crippen LogP contribution < -0.4 is 0 Å². The quantitative estimate of drug-likeness (QED) is 0.832. The number of carbonyl (C=O) groups excluding carboxylic acids is 1. The van der Waals surface area contributed by atoms with Gasteiger partial charge in [-0.2, -0.15) is 0 Å². The Hall–Kier alpha value is -1.18. The molecule has 132 valence electrons. The summed E-state index contributed by atoms with van der Waals surface area (Å²) in [6, 6.07) is 6.70. The number of likely N-dealkylation sites (tertiary alicyclic amines) is 1. The van der Waals surface area contributed by atoms with E-state index in [1.807, 2.05) is 0 Å². The highest BCUT2D eigenvalue weighted by Gasteiger charge is 2.43. The van der Waals surface area contributed by atoms with Crippen molar-refractivity contribution in [2.24, 2.45) is 0 Å². The normalized spacial score (nSPS) is 28.8. The summed E-state index contributed by atoms with van der Waals surface area (Å²) >= 11 is 5.86. The maximum absolute atomic E-state index is 12.7. The molecule has 1 aromatic rings. The van der Waals surface area contributed by atoms with Gasteiger partial charge in [0.25, 0.3) is 5.91 Å². The first-order valence-corrected chi connectivity index (χ1v) is 8.61. The molecular formula is C17H23ClN2O4. The third-order valence-electron chi connectivity index (χ3n) is 4.74. The van der Waals surface area contributed by atoms with Gasteiger partial charge in [-0.25, -0.2) is 0 Å². The van der Waals surface area contributed by atoms with Gasteiger partial charge in [0, 0.05) is 36.8 Å². The van der Waals surface area contributed by atoms with Crippen LogP contribution in [0.15, 0.2) is 24.3 Å². The standard InChI is InChI=1S/C17H23ClN2O4/c18-14-3-1-13(2-4-14)16(22)20-6-5-15(21)17(23,12-20)11-19-7-9-24-10-8-19/h1-4,15,21,23H,5-12H2/t15-,17+/m0/s1. The number of aliphatic hydroxyl groups is 2. The predicted octanol–water partition coefficient (Wildman–Crippen LogP) is 0.610. The molecule has 0 aromatic heterocycles. The number of morpholine rings is 1. The number of benzene rings is 1. The molecule has 2 aliphatic heterocycles. The van der Waals surface area contributed by atoms with Gasteiger partial charge in [0.15, 0.2) is 0 Å². The molecule has 3 rings (SSSR count). The van der Waals surface area contributed by atoms with Crippen LogP contribution in [0.5, 0.6) is 0 Å².